The first-order valence-electron chi connectivity index (χ1n) is 1.38. The van der Waals surface area contributed by atoms with Crippen molar-refractivity contribution >= 4 is 22.3 Å². The Bertz CT molecular complexity index is 65.1. The minimum atomic E-state index is -1.000. The van der Waals surface area contributed by atoms with E-state index in [1.165, 1.54) is 0 Å². The van der Waals surface area contributed by atoms with E-state index in [4.69, 9.17) is 10.8 Å². The normalized spacial score (nSPS) is 10.1. The third-order valence-corrected chi connectivity index (χ3v) is 0.570. The zero-order valence-electron chi connectivity index (χ0n) is 4.09. The summed E-state index contributed by atoms with van der Waals surface area (Å²) in [5.74, 6) is -1.000. The lowest BCUT2D eigenvalue weighted by atomic mass is 10.7. The SMILES string of the molecule is N[CH]([Al])C(=O)O.O.O. The van der Waals surface area contributed by atoms with Gasteiger partial charge in [-0.3, -0.25) is 4.79 Å². The maximum atomic E-state index is 9.55. The molecular formula is C2H8AlNO4. The summed E-state index contributed by atoms with van der Waals surface area (Å²) >= 11 is 1.95. The topological polar surface area (TPSA) is 126 Å². The molecule has 2 radical (unpaired) electrons. The van der Waals surface area contributed by atoms with Crippen molar-refractivity contribution in [1.82, 2.24) is 0 Å². The van der Waals surface area contributed by atoms with Gasteiger partial charge in [0.2, 0.25) is 0 Å². The van der Waals surface area contributed by atoms with Crippen LogP contribution in [-0.4, -0.2) is 43.2 Å². The van der Waals surface area contributed by atoms with Crippen LogP contribution >= 0.6 is 0 Å². The highest BCUT2D eigenvalue weighted by molar-refractivity contribution is 6.22. The third kappa shape index (κ3) is 9.30. The van der Waals surface area contributed by atoms with Crippen LogP contribution in [0.4, 0.5) is 0 Å². The van der Waals surface area contributed by atoms with Crippen LogP contribution < -0.4 is 5.73 Å². The highest BCUT2D eigenvalue weighted by atomic mass is 27.0. The zero-order chi connectivity index (χ0) is 5.15. The van der Waals surface area contributed by atoms with Crippen LogP contribution in [0.25, 0.3) is 0 Å². The minimum Gasteiger partial charge on any atom is -0.481 e. The largest absolute Gasteiger partial charge is 0.481 e. The van der Waals surface area contributed by atoms with Crippen LogP contribution in [-0.2, 0) is 4.79 Å². The Morgan fingerprint density at radius 1 is 1.62 bits per heavy atom. The number of rotatable bonds is 1. The van der Waals surface area contributed by atoms with E-state index >= 15 is 0 Å². The van der Waals surface area contributed by atoms with Crippen LogP contribution in [0.3, 0.4) is 0 Å². The zero-order valence-corrected chi connectivity index (χ0v) is 5.24. The fourth-order valence-corrected chi connectivity index (χ4v) is 0. The molecule has 48 valence electrons. The molecule has 0 saturated carbocycles. The lowest BCUT2D eigenvalue weighted by molar-refractivity contribution is -0.136. The van der Waals surface area contributed by atoms with Crippen LogP contribution in [0.2, 0.25) is 0 Å². The van der Waals surface area contributed by atoms with Crippen molar-refractivity contribution in [2.75, 3.05) is 0 Å². The summed E-state index contributed by atoms with van der Waals surface area (Å²) in [6.45, 7) is 0. The molecule has 0 rings (SSSR count). The maximum Gasteiger partial charge on any atom is 0.303 e. The average molecular weight is 137 g/mol. The van der Waals surface area contributed by atoms with Gasteiger partial charge in [-0.05, 0) is 0 Å². The van der Waals surface area contributed by atoms with E-state index in [1.54, 1.807) is 0 Å². The molecule has 6 heteroatoms. The molecule has 0 aliphatic carbocycles. The van der Waals surface area contributed by atoms with Gasteiger partial charge in [0.25, 0.3) is 0 Å². The molecule has 0 aliphatic rings. The summed E-state index contributed by atoms with van der Waals surface area (Å²) < 4.78 is 0. The molecule has 0 aliphatic heterocycles. The van der Waals surface area contributed by atoms with Crippen molar-refractivity contribution in [2.45, 2.75) is 4.90 Å². The quantitative estimate of drug-likeness (QED) is 0.371. The second kappa shape index (κ2) is 6.88. The molecule has 1 atom stereocenters. The van der Waals surface area contributed by atoms with E-state index in [0.29, 0.717) is 0 Å². The van der Waals surface area contributed by atoms with Crippen molar-refractivity contribution in [3.63, 3.8) is 0 Å². The lowest BCUT2D eigenvalue weighted by Gasteiger charge is -1.91. The van der Waals surface area contributed by atoms with E-state index in [1.807, 2.05) is 16.3 Å². The van der Waals surface area contributed by atoms with Gasteiger partial charge in [-0.2, -0.15) is 0 Å². The van der Waals surface area contributed by atoms with Gasteiger partial charge in [0.15, 0.2) is 16.3 Å². The summed E-state index contributed by atoms with van der Waals surface area (Å²) in [6.07, 6.45) is 0. The van der Waals surface area contributed by atoms with Crippen LogP contribution in [0.5, 0.6) is 0 Å². The van der Waals surface area contributed by atoms with E-state index in [9.17, 15) is 4.79 Å². The summed E-state index contributed by atoms with van der Waals surface area (Å²) in [5, 5.41) is 7.84. The third-order valence-electron chi connectivity index (χ3n) is 0.285. The highest BCUT2D eigenvalue weighted by Crippen LogP contribution is 1.61. The number of aliphatic carboxylic acids is 1. The van der Waals surface area contributed by atoms with Crippen molar-refractivity contribution in [3.05, 3.63) is 0 Å². The first-order chi connectivity index (χ1) is 2.64. The smallest absolute Gasteiger partial charge is 0.303 e. The van der Waals surface area contributed by atoms with Crippen molar-refractivity contribution in [3.8, 4) is 0 Å². The summed E-state index contributed by atoms with van der Waals surface area (Å²) in [4.78, 5) is 8.74. The monoisotopic (exact) mass is 137 g/mol. The van der Waals surface area contributed by atoms with Gasteiger partial charge in [-0.15, -0.1) is 0 Å². The Kier molecular flexibility index (Phi) is 13.5. The maximum absolute atomic E-state index is 9.55. The lowest BCUT2D eigenvalue weighted by Crippen LogP contribution is -2.29. The predicted molar refractivity (Wildman–Crippen MR) is 28.6 cm³/mol. The fraction of sp³-hybridized carbons (Fsp3) is 0.500. The highest BCUT2D eigenvalue weighted by Gasteiger charge is 1.98. The Morgan fingerprint density at radius 2 is 1.75 bits per heavy atom. The molecule has 8 heavy (non-hydrogen) atoms. The van der Waals surface area contributed by atoms with E-state index in [2.05, 4.69) is 0 Å². The van der Waals surface area contributed by atoms with Gasteiger partial charge >= 0.3 is 5.97 Å². The fourth-order valence-electron chi connectivity index (χ4n) is 0. The van der Waals surface area contributed by atoms with Crippen LogP contribution in [0.1, 0.15) is 0 Å². The van der Waals surface area contributed by atoms with Crippen molar-refractivity contribution < 1.29 is 20.9 Å². The van der Waals surface area contributed by atoms with Crippen molar-refractivity contribution in [1.29, 1.82) is 0 Å². The number of carboxylic acid groups (broad SMARTS) is 1. The van der Waals surface area contributed by atoms with Crippen LogP contribution in [0.15, 0.2) is 0 Å². The van der Waals surface area contributed by atoms with Crippen molar-refractivity contribution in [2.24, 2.45) is 5.73 Å². The molecule has 1 unspecified atom stereocenters. The molecule has 0 spiro atoms. The predicted octanol–water partition coefficient (Wildman–Crippen LogP) is -3.13. The number of hydrogen-bond acceptors (Lipinski definition) is 2. The van der Waals surface area contributed by atoms with E-state index in [0.717, 1.165) is 0 Å². The standard InChI is InChI=1S/C2H4NO2.Al.2H2O/c3-1-2(4)5;;;/h1H,3H2,(H,4,5);;2*1H2. The Morgan fingerprint density at radius 3 is 1.75 bits per heavy atom. The number of carboxylic acids is 1. The molecule has 0 fully saturated rings. The summed E-state index contributed by atoms with van der Waals surface area (Å²) in [7, 11) is 0. The van der Waals surface area contributed by atoms with E-state index < -0.39 is 10.9 Å². The molecule has 0 heterocycles. The number of nitrogens with two attached hydrogens (primary N) is 1. The first-order valence-corrected chi connectivity index (χ1v) is 2.05. The Balaban J connectivity index is -0.000000125. The van der Waals surface area contributed by atoms with Gasteiger partial charge in [-0.25, -0.2) is 0 Å². The Labute approximate surface area is 54.5 Å². The van der Waals surface area contributed by atoms with E-state index in [-0.39, 0.29) is 11.0 Å². The molecule has 0 saturated heterocycles. The molecule has 5 nitrogen and oxygen atoms in total. The van der Waals surface area contributed by atoms with Gasteiger partial charge in [0.1, 0.15) is 0 Å². The van der Waals surface area contributed by atoms with Crippen LogP contribution in [0, 0.1) is 0 Å². The van der Waals surface area contributed by atoms with Gasteiger partial charge < -0.3 is 21.8 Å². The molecule has 0 aromatic heterocycles. The second-order valence-electron chi connectivity index (χ2n) is 0.864. The second-order valence-corrected chi connectivity index (χ2v) is 1.58. The molecule has 0 amide bonds. The Hall–Kier alpha value is -0.118. The van der Waals surface area contributed by atoms with Gasteiger partial charge in [0.05, 0.1) is 0 Å². The molecule has 7 N–H and O–H groups in total. The molecule has 0 bridgehead atoms. The summed E-state index contributed by atoms with van der Waals surface area (Å²) in [6, 6.07) is 0. The molecule has 0 aromatic rings. The van der Waals surface area contributed by atoms with Gasteiger partial charge in [-0.1, -0.05) is 0 Å². The number of hydrogen-bond donors (Lipinski definition) is 2. The summed E-state index contributed by atoms with van der Waals surface area (Å²) in [5.41, 5.74) is 4.80. The van der Waals surface area contributed by atoms with Gasteiger partial charge in [0, 0.05) is 4.90 Å². The first kappa shape index (κ1) is 15.7. The minimum absolute atomic E-state index is 0. The molecular weight excluding hydrogens is 129 g/mol. The number of carbonyl (C=O) groups is 1. The average Bonchev–Trinajstić information content (AvgIpc) is 1.36. The molecule has 0 aromatic carbocycles.